The highest BCUT2D eigenvalue weighted by Crippen LogP contribution is 2.26. The number of carbonyl (C=O) groups is 2. The SMILES string of the molecule is Cc1cnn([C@H]2CCCN(C(=O)Cc3csc(N4CCCC4=O)n3)C2)c1. The molecule has 2 aromatic heterocycles. The summed E-state index contributed by atoms with van der Waals surface area (Å²) in [4.78, 5) is 32.7. The Hall–Kier alpha value is -2.22. The Kier molecular flexibility index (Phi) is 4.76. The van der Waals surface area contributed by atoms with Gasteiger partial charge in [0, 0.05) is 37.6 Å². The number of carbonyl (C=O) groups excluding carboxylic acids is 2. The standard InChI is InChI=1S/C18H23N5O2S/c1-13-9-19-23(10-13)15-4-2-6-21(11-15)17(25)8-14-12-26-18(20-14)22-7-3-5-16(22)24/h9-10,12,15H,2-8,11H2,1H3/t15-/m0/s1. The molecular formula is C18H23N5O2S. The van der Waals surface area contributed by atoms with Crippen LogP contribution in [0.1, 0.15) is 43.0 Å². The van der Waals surface area contributed by atoms with E-state index in [-0.39, 0.29) is 17.9 Å². The summed E-state index contributed by atoms with van der Waals surface area (Å²) < 4.78 is 1.98. The largest absolute Gasteiger partial charge is 0.340 e. The molecular weight excluding hydrogens is 350 g/mol. The van der Waals surface area contributed by atoms with E-state index in [9.17, 15) is 9.59 Å². The first-order valence-corrected chi connectivity index (χ1v) is 10.0. The molecule has 8 heteroatoms. The van der Waals surface area contributed by atoms with Crippen LogP contribution in [0, 0.1) is 6.92 Å². The Balaban J connectivity index is 1.38. The van der Waals surface area contributed by atoms with Crippen LogP contribution in [0.15, 0.2) is 17.8 Å². The summed E-state index contributed by atoms with van der Waals surface area (Å²) >= 11 is 1.45. The van der Waals surface area contributed by atoms with E-state index in [0.29, 0.717) is 19.4 Å². The van der Waals surface area contributed by atoms with Crippen LogP contribution in [0.25, 0.3) is 0 Å². The number of aryl methyl sites for hydroxylation is 1. The summed E-state index contributed by atoms with van der Waals surface area (Å²) in [7, 11) is 0. The van der Waals surface area contributed by atoms with Crippen molar-refractivity contribution in [1.82, 2.24) is 19.7 Å². The summed E-state index contributed by atoms with van der Waals surface area (Å²) in [6.45, 7) is 4.25. The van der Waals surface area contributed by atoms with Crippen LogP contribution < -0.4 is 4.90 Å². The van der Waals surface area contributed by atoms with Crippen LogP contribution in [-0.2, 0) is 16.0 Å². The monoisotopic (exact) mass is 373 g/mol. The molecule has 0 saturated carbocycles. The number of nitrogens with zero attached hydrogens (tertiary/aromatic N) is 5. The summed E-state index contributed by atoms with van der Waals surface area (Å²) in [5.41, 5.74) is 1.90. The number of anilines is 1. The first-order valence-electron chi connectivity index (χ1n) is 9.13. The molecule has 0 aromatic carbocycles. The van der Waals surface area contributed by atoms with Gasteiger partial charge in [0.1, 0.15) is 0 Å². The number of amides is 2. The molecule has 7 nitrogen and oxygen atoms in total. The van der Waals surface area contributed by atoms with Gasteiger partial charge in [-0.05, 0) is 31.7 Å². The van der Waals surface area contributed by atoms with E-state index < -0.39 is 0 Å². The van der Waals surface area contributed by atoms with Crippen LogP contribution in [0.5, 0.6) is 0 Å². The van der Waals surface area contributed by atoms with Crippen LogP contribution in [0.3, 0.4) is 0 Å². The summed E-state index contributed by atoms with van der Waals surface area (Å²) in [5.74, 6) is 0.230. The fourth-order valence-electron chi connectivity index (χ4n) is 3.65. The van der Waals surface area contributed by atoms with Gasteiger partial charge in [0.15, 0.2) is 5.13 Å². The van der Waals surface area contributed by atoms with E-state index in [1.54, 1.807) is 4.90 Å². The molecule has 1 atom stereocenters. The van der Waals surface area contributed by atoms with Crippen molar-refractivity contribution in [3.63, 3.8) is 0 Å². The van der Waals surface area contributed by atoms with Crippen LogP contribution >= 0.6 is 11.3 Å². The molecule has 2 aliphatic heterocycles. The smallest absolute Gasteiger partial charge is 0.228 e. The molecule has 2 amide bonds. The lowest BCUT2D eigenvalue weighted by Gasteiger charge is -2.32. The van der Waals surface area contributed by atoms with Crippen LogP contribution in [0.2, 0.25) is 0 Å². The number of hydrogen-bond acceptors (Lipinski definition) is 5. The molecule has 2 saturated heterocycles. The van der Waals surface area contributed by atoms with Crippen molar-refractivity contribution < 1.29 is 9.59 Å². The van der Waals surface area contributed by atoms with Crippen molar-refractivity contribution in [2.24, 2.45) is 0 Å². The predicted octanol–water partition coefficient (Wildman–Crippen LogP) is 2.18. The minimum absolute atomic E-state index is 0.100. The second kappa shape index (κ2) is 7.19. The third-order valence-electron chi connectivity index (χ3n) is 5.03. The maximum Gasteiger partial charge on any atom is 0.228 e. The topological polar surface area (TPSA) is 71.3 Å². The van der Waals surface area contributed by atoms with Gasteiger partial charge in [-0.1, -0.05) is 0 Å². The summed E-state index contributed by atoms with van der Waals surface area (Å²) in [5, 5.41) is 7.02. The number of piperidine rings is 1. The molecule has 0 radical (unpaired) electrons. The van der Waals surface area contributed by atoms with Gasteiger partial charge in [-0.25, -0.2) is 4.98 Å². The van der Waals surface area contributed by atoms with Crippen molar-refractivity contribution in [3.8, 4) is 0 Å². The lowest BCUT2D eigenvalue weighted by molar-refractivity contribution is -0.132. The molecule has 4 rings (SSSR count). The van der Waals surface area contributed by atoms with Crippen molar-refractivity contribution in [2.75, 3.05) is 24.5 Å². The summed E-state index contributed by atoms with van der Waals surface area (Å²) in [6, 6.07) is 0.245. The van der Waals surface area contributed by atoms with Gasteiger partial charge in [-0.2, -0.15) is 5.10 Å². The van der Waals surface area contributed by atoms with E-state index >= 15 is 0 Å². The van der Waals surface area contributed by atoms with E-state index in [0.717, 1.165) is 48.7 Å². The summed E-state index contributed by atoms with van der Waals surface area (Å²) in [6.07, 6.45) is 7.70. The maximum absolute atomic E-state index is 12.7. The van der Waals surface area contributed by atoms with Gasteiger partial charge in [0.05, 0.1) is 24.4 Å². The van der Waals surface area contributed by atoms with Gasteiger partial charge in [-0.15, -0.1) is 11.3 Å². The van der Waals surface area contributed by atoms with Crippen molar-refractivity contribution in [2.45, 2.75) is 45.1 Å². The van der Waals surface area contributed by atoms with E-state index in [1.165, 1.54) is 11.3 Å². The van der Waals surface area contributed by atoms with E-state index in [1.807, 2.05) is 34.3 Å². The zero-order valence-electron chi connectivity index (χ0n) is 14.9. The van der Waals surface area contributed by atoms with Crippen molar-refractivity contribution in [1.29, 1.82) is 0 Å². The second-order valence-corrected chi connectivity index (χ2v) is 7.92. The Morgan fingerprint density at radius 2 is 2.23 bits per heavy atom. The molecule has 4 heterocycles. The first kappa shape index (κ1) is 17.2. The quantitative estimate of drug-likeness (QED) is 0.824. The van der Waals surface area contributed by atoms with Crippen molar-refractivity contribution >= 4 is 28.3 Å². The normalized spacial score (nSPS) is 20.8. The van der Waals surface area contributed by atoms with Gasteiger partial charge < -0.3 is 4.90 Å². The van der Waals surface area contributed by atoms with E-state index in [4.69, 9.17) is 0 Å². The number of aromatic nitrogens is 3. The second-order valence-electron chi connectivity index (χ2n) is 7.08. The Bertz CT molecular complexity index is 814. The lowest BCUT2D eigenvalue weighted by Crippen LogP contribution is -2.41. The van der Waals surface area contributed by atoms with E-state index in [2.05, 4.69) is 10.1 Å². The fourth-order valence-corrected chi connectivity index (χ4v) is 4.52. The number of hydrogen-bond donors (Lipinski definition) is 0. The van der Waals surface area contributed by atoms with Gasteiger partial charge in [0.25, 0.3) is 0 Å². The lowest BCUT2D eigenvalue weighted by atomic mass is 10.1. The molecule has 138 valence electrons. The Morgan fingerprint density at radius 1 is 1.35 bits per heavy atom. The molecule has 0 unspecified atom stereocenters. The molecule has 2 fully saturated rings. The van der Waals surface area contributed by atoms with Gasteiger partial charge >= 0.3 is 0 Å². The highest BCUT2D eigenvalue weighted by Gasteiger charge is 2.27. The van der Waals surface area contributed by atoms with Gasteiger partial charge in [-0.3, -0.25) is 19.2 Å². The number of likely N-dealkylation sites (tertiary alicyclic amines) is 1. The first-order chi connectivity index (χ1) is 12.6. The number of thiazole rings is 1. The molecule has 26 heavy (non-hydrogen) atoms. The zero-order chi connectivity index (χ0) is 18.1. The molecule has 0 bridgehead atoms. The number of rotatable bonds is 4. The van der Waals surface area contributed by atoms with Crippen molar-refractivity contribution in [3.05, 3.63) is 29.0 Å². The zero-order valence-corrected chi connectivity index (χ0v) is 15.7. The average molecular weight is 373 g/mol. The molecule has 2 aromatic rings. The Labute approximate surface area is 156 Å². The highest BCUT2D eigenvalue weighted by molar-refractivity contribution is 7.14. The van der Waals surface area contributed by atoms with Crippen LogP contribution in [-0.4, -0.2) is 51.1 Å². The maximum atomic E-state index is 12.7. The van der Waals surface area contributed by atoms with Gasteiger partial charge in [0.2, 0.25) is 11.8 Å². The molecule has 0 N–H and O–H groups in total. The average Bonchev–Trinajstić information content (AvgIpc) is 3.36. The van der Waals surface area contributed by atoms with Crippen LogP contribution in [0.4, 0.5) is 5.13 Å². The third-order valence-corrected chi connectivity index (χ3v) is 5.94. The molecule has 0 aliphatic carbocycles. The predicted molar refractivity (Wildman–Crippen MR) is 99.2 cm³/mol. The minimum Gasteiger partial charge on any atom is -0.340 e. The molecule has 0 spiro atoms. The fraction of sp³-hybridized carbons (Fsp3) is 0.556. The highest BCUT2D eigenvalue weighted by atomic mass is 32.1. The molecule has 2 aliphatic rings. The third kappa shape index (κ3) is 3.51. The minimum atomic E-state index is 0.100. The Morgan fingerprint density at radius 3 is 2.96 bits per heavy atom.